The van der Waals surface area contributed by atoms with Crippen LogP contribution < -0.4 is 15.4 Å². The summed E-state index contributed by atoms with van der Waals surface area (Å²) < 4.78 is 10.4. The van der Waals surface area contributed by atoms with E-state index in [0.29, 0.717) is 17.1 Å². The minimum absolute atomic E-state index is 0.237. The molecule has 2 amide bonds. The number of carbonyl (C=O) groups excluding carboxylic acids is 3. The van der Waals surface area contributed by atoms with E-state index in [1.165, 1.54) is 14.0 Å². The Hall–Kier alpha value is -3.35. The summed E-state index contributed by atoms with van der Waals surface area (Å²) in [5, 5.41) is 5.26. The van der Waals surface area contributed by atoms with E-state index in [0.717, 1.165) is 5.56 Å². The average molecular weight is 384 g/mol. The lowest BCUT2D eigenvalue weighted by Gasteiger charge is -2.23. The van der Waals surface area contributed by atoms with Crippen molar-refractivity contribution in [3.8, 4) is 5.75 Å². The summed E-state index contributed by atoms with van der Waals surface area (Å²) in [6.07, 6.45) is 0. The summed E-state index contributed by atoms with van der Waals surface area (Å²) in [5.41, 5.74) is 0.776. The number of benzene rings is 2. The van der Waals surface area contributed by atoms with Gasteiger partial charge in [0.2, 0.25) is 5.91 Å². The van der Waals surface area contributed by atoms with Crippen molar-refractivity contribution in [2.24, 2.45) is 0 Å². The number of esters is 1. The number of ether oxygens (including phenoxy) is 2. The second kappa shape index (κ2) is 9.03. The Morgan fingerprint density at radius 1 is 1.00 bits per heavy atom. The van der Waals surface area contributed by atoms with E-state index in [1.807, 2.05) is 30.3 Å². The van der Waals surface area contributed by atoms with Gasteiger partial charge < -0.3 is 20.1 Å². The zero-order chi connectivity index (χ0) is 20.7. The predicted octanol–water partition coefficient (Wildman–Crippen LogP) is 3.11. The van der Waals surface area contributed by atoms with Gasteiger partial charge in [0.05, 0.1) is 18.2 Å². The molecule has 0 aliphatic carbocycles. The van der Waals surface area contributed by atoms with Crippen LogP contribution in [0.3, 0.4) is 0 Å². The van der Waals surface area contributed by atoms with E-state index in [4.69, 9.17) is 9.47 Å². The molecule has 2 aromatic rings. The van der Waals surface area contributed by atoms with Gasteiger partial charge in [0.25, 0.3) is 5.91 Å². The minimum atomic E-state index is -0.884. The van der Waals surface area contributed by atoms with E-state index < -0.39 is 23.9 Å². The van der Waals surface area contributed by atoms with Crippen molar-refractivity contribution < 1.29 is 23.9 Å². The molecule has 2 aromatic carbocycles. The molecule has 0 aliphatic heterocycles. The fraction of sp³-hybridized carbons (Fsp3) is 0.286. The van der Waals surface area contributed by atoms with Gasteiger partial charge in [0, 0.05) is 12.6 Å². The highest BCUT2D eigenvalue weighted by atomic mass is 16.5. The molecular weight excluding hydrogens is 360 g/mol. The standard InChI is InChI=1S/C21H24N2O5/c1-14(24)22-16-10-11-18(27-4)17(12-16)23-19(25)13-28-20(26)21(2,3)15-8-6-5-7-9-15/h5-12H,13H2,1-4H3,(H,22,24)(H,23,25). The predicted molar refractivity (Wildman–Crippen MR) is 106 cm³/mol. The maximum atomic E-state index is 12.4. The van der Waals surface area contributed by atoms with Gasteiger partial charge in [-0.25, -0.2) is 0 Å². The Bertz CT molecular complexity index is 862. The van der Waals surface area contributed by atoms with E-state index in [9.17, 15) is 14.4 Å². The number of amides is 2. The van der Waals surface area contributed by atoms with Crippen molar-refractivity contribution in [3.63, 3.8) is 0 Å². The third-order valence-corrected chi connectivity index (χ3v) is 4.13. The first-order valence-electron chi connectivity index (χ1n) is 8.72. The maximum Gasteiger partial charge on any atom is 0.316 e. The fourth-order valence-electron chi connectivity index (χ4n) is 2.56. The third kappa shape index (κ3) is 5.33. The molecule has 0 heterocycles. The molecule has 7 nitrogen and oxygen atoms in total. The van der Waals surface area contributed by atoms with Crippen LogP contribution in [0.25, 0.3) is 0 Å². The van der Waals surface area contributed by atoms with Crippen molar-refractivity contribution in [2.75, 3.05) is 24.4 Å². The first kappa shape index (κ1) is 21.0. The number of rotatable bonds is 7. The Kier molecular flexibility index (Phi) is 6.76. The Labute approximate surface area is 164 Å². The zero-order valence-corrected chi connectivity index (χ0v) is 16.4. The van der Waals surface area contributed by atoms with Crippen LogP contribution in [0.2, 0.25) is 0 Å². The van der Waals surface area contributed by atoms with Crippen LogP contribution in [-0.4, -0.2) is 31.5 Å². The van der Waals surface area contributed by atoms with E-state index >= 15 is 0 Å². The highest BCUT2D eigenvalue weighted by Gasteiger charge is 2.31. The number of hydrogen-bond acceptors (Lipinski definition) is 5. The van der Waals surface area contributed by atoms with Gasteiger partial charge in [0.1, 0.15) is 5.75 Å². The molecule has 0 bridgehead atoms. The van der Waals surface area contributed by atoms with Gasteiger partial charge in [-0.05, 0) is 37.6 Å². The smallest absolute Gasteiger partial charge is 0.316 e. The minimum Gasteiger partial charge on any atom is -0.495 e. The average Bonchev–Trinajstić information content (AvgIpc) is 2.66. The third-order valence-electron chi connectivity index (χ3n) is 4.13. The normalized spacial score (nSPS) is 10.7. The van der Waals surface area contributed by atoms with Gasteiger partial charge in [-0.2, -0.15) is 0 Å². The number of nitrogens with one attached hydrogen (secondary N) is 2. The lowest BCUT2D eigenvalue weighted by molar-refractivity contribution is -0.152. The molecule has 0 saturated carbocycles. The van der Waals surface area contributed by atoms with Crippen LogP contribution in [0.4, 0.5) is 11.4 Å². The topological polar surface area (TPSA) is 93.7 Å². The molecule has 7 heteroatoms. The lowest BCUT2D eigenvalue weighted by Crippen LogP contribution is -2.33. The van der Waals surface area contributed by atoms with E-state index in [2.05, 4.69) is 10.6 Å². The largest absolute Gasteiger partial charge is 0.495 e. The number of methoxy groups -OCH3 is 1. The van der Waals surface area contributed by atoms with Crippen LogP contribution in [0.1, 0.15) is 26.3 Å². The van der Waals surface area contributed by atoms with Gasteiger partial charge in [-0.15, -0.1) is 0 Å². The molecule has 2 N–H and O–H groups in total. The van der Waals surface area contributed by atoms with Crippen molar-refractivity contribution in [2.45, 2.75) is 26.2 Å². The van der Waals surface area contributed by atoms with Gasteiger partial charge in [-0.1, -0.05) is 30.3 Å². The number of anilines is 2. The van der Waals surface area contributed by atoms with Crippen molar-refractivity contribution in [1.29, 1.82) is 0 Å². The molecule has 0 aromatic heterocycles. The number of carbonyl (C=O) groups is 3. The summed E-state index contributed by atoms with van der Waals surface area (Å²) in [5.74, 6) is -0.846. The van der Waals surface area contributed by atoms with Crippen molar-refractivity contribution in [1.82, 2.24) is 0 Å². The van der Waals surface area contributed by atoms with Gasteiger partial charge in [0.15, 0.2) is 6.61 Å². The SMILES string of the molecule is COc1ccc(NC(C)=O)cc1NC(=O)COC(=O)C(C)(C)c1ccccc1. The van der Waals surface area contributed by atoms with Gasteiger partial charge in [-0.3, -0.25) is 14.4 Å². The Morgan fingerprint density at radius 2 is 1.68 bits per heavy atom. The van der Waals surface area contributed by atoms with Gasteiger partial charge >= 0.3 is 5.97 Å². The van der Waals surface area contributed by atoms with Crippen LogP contribution in [-0.2, 0) is 24.5 Å². The highest BCUT2D eigenvalue weighted by Crippen LogP contribution is 2.28. The number of hydrogen-bond donors (Lipinski definition) is 2. The van der Waals surface area contributed by atoms with E-state index in [1.54, 1.807) is 32.0 Å². The second-order valence-corrected chi connectivity index (χ2v) is 6.71. The molecule has 0 spiro atoms. The monoisotopic (exact) mass is 384 g/mol. The van der Waals surface area contributed by atoms with E-state index in [-0.39, 0.29) is 5.91 Å². The zero-order valence-electron chi connectivity index (χ0n) is 16.4. The molecule has 0 aliphatic rings. The molecular formula is C21H24N2O5. The maximum absolute atomic E-state index is 12.4. The molecule has 0 fully saturated rings. The first-order valence-corrected chi connectivity index (χ1v) is 8.72. The Balaban J connectivity index is 2.02. The second-order valence-electron chi connectivity index (χ2n) is 6.71. The summed E-state index contributed by atoms with van der Waals surface area (Å²) in [6, 6.07) is 14.0. The lowest BCUT2D eigenvalue weighted by atomic mass is 9.85. The van der Waals surface area contributed by atoms with Crippen LogP contribution in [0.5, 0.6) is 5.75 Å². The van der Waals surface area contributed by atoms with Crippen LogP contribution in [0.15, 0.2) is 48.5 Å². The van der Waals surface area contributed by atoms with Crippen LogP contribution in [0, 0.1) is 0 Å². The van der Waals surface area contributed by atoms with Crippen LogP contribution >= 0.6 is 0 Å². The summed E-state index contributed by atoms with van der Waals surface area (Å²) in [4.78, 5) is 35.9. The molecule has 2 rings (SSSR count). The van der Waals surface area contributed by atoms with Crippen molar-refractivity contribution in [3.05, 3.63) is 54.1 Å². The highest BCUT2D eigenvalue weighted by molar-refractivity contribution is 5.96. The molecule has 0 radical (unpaired) electrons. The molecule has 0 saturated heterocycles. The molecule has 28 heavy (non-hydrogen) atoms. The summed E-state index contributed by atoms with van der Waals surface area (Å²) >= 11 is 0. The summed E-state index contributed by atoms with van der Waals surface area (Å²) in [6.45, 7) is 4.42. The molecule has 148 valence electrons. The quantitative estimate of drug-likeness (QED) is 0.716. The molecule has 0 atom stereocenters. The molecule has 0 unspecified atom stereocenters. The fourth-order valence-corrected chi connectivity index (χ4v) is 2.56. The summed E-state index contributed by atoms with van der Waals surface area (Å²) in [7, 11) is 1.46. The van der Waals surface area contributed by atoms with Crippen molar-refractivity contribution >= 4 is 29.2 Å². The first-order chi connectivity index (χ1) is 13.2. The Morgan fingerprint density at radius 3 is 2.29 bits per heavy atom.